The zero-order chi connectivity index (χ0) is 19.9. The Bertz CT molecular complexity index is 977. The zero-order valence-electron chi connectivity index (χ0n) is 15.8. The molecule has 142 valence electrons. The topological polar surface area (TPSA) is 69.3 Å². The normalized spacial score (nSPS) is 11.8. The van der Waals surface area contributed by atoms with Gasteiger partial charge in [0.15, 0.2) is 0 Å². The summed E-state index contributed by atoms with van der Waals surface area (Å²) < 4.78 is 5.50. The lowest BCUT2D eigenvalue weighted by atomic mass is 10.1. The van der Waals surface area contributed by atoms with Crippen molar-refractivity contribution < 1.29 is 9.21 Å². The van der Waals surface area contributed by atoms with Gasteiger partial charge in [0.05, 0.1) is 23.4 Å². The predicted molar refractivity (Wildman–Crippen MR) is 109 cm³/mol. The average Bonchev–Trinajstić information content (AvgIpc) is 3.23. The maximum atomic E-state index is 12.9. The van der Waals surface area contributed by atoms with E-state index in [2.05, 4.69) is 11.4 Å². The first kappa shape index (κ1) is 19.7. The molecule has 1 unspecified atom stereocenters. The molecule has 0 aliphatic heterocycles. The minimum Gasteiger partial charge on any atom is -0.468 e. The van der Waals surface area contributed by atoms with Crippen LogP contribution >= 0.6 is 11.8 Å². The van der Waals surface area contributed by atoms with Crippen molar-refractivity contribution in [2.24, 2.45) is 0 Å². The molecule has 1 N–H and O–H groups in total. The smallest absolute Gasteiger partial charge is 0.252 e. The van der Waals surface area contributed by atoms with Gasteiger partial charge in [-0.3, -0.25) is 9.69 Å². The summed E-state index contributed by atoms with van der Waals surface area (Å²) in [6.45, 7) is 0.424. The quantitative estimate of drug-likeness (QED) is 0.649. The lowest BCUT2D eigenvalue weighted by Crippen LogP contribution is -2.34. The second-order valence-electron chi connectivity index (χ2n) is 6.41. The first-order valence-corrected chi connectivity index (χ1v) is 9.66. The molecule has 28 heavy (non-hydrogen) atoms. The van der Waals surface area contributed by atoms with Gasteiger partial charge in [-0.2, -0.15) is 5.26 Å². The van der Waals surface area contributed by atoms with Crippen LogP contribution in [0.2, 0.25) is 0 Å². The van der Waals surface area contributed by atoms with Crippen molar-refractivity contribution in [3.05, 3.63) is 83.8 Å². The number of benzene rings is 2. The molecule has 0 aliphatic rings. The van der Waals surface area contributed by atoms with E-state index in [1.54, 1.807) is 18.4 Å². The monoisotopic (exact) mass is 391 g/mol. The maximum absolute atomic E-state index is 12.9. The van der Waals surface area contributed by atoms with Crippen molar-refractivity contribution in [3.8, 4) is 6.07 Å². The number of likely N-dealkylation sites (N-methyl/N-ethyl adjacent to an activating group) is 1. The Kier molecular flexibility index (Phi) is 6.53. The Hall–Kier alpha value is -3.01. The third kappa shape index (κ3) is 4.63. The Morgan fingerprint density at radius 2 is 1.82 bits per heavy atom. The highest BCUT2D eigenvalue weighted by Gasteiger charge is 2.19. The van der Waals surface area contributed by atoms with E-state index in [9.17, 15) is 10.1 Å². The molecular formula is C22H21N3O2S. The van der Waals surface area contributed by atoms with Gasteiger partial charge in [0.2, 0.25) is 0 Å². The number of nitrogens with one attached hydrogen (secondary N) is 1. The molecule has 0 aliphatic carbocycles. The Morgan fingerprint density at radius 1 is 1.11 bits per heavy atom. The summed E-state index contributed by atoms with van der Waals surface area (Å²) in [6.07, 6.45) is 1.63. The fraction of sp³-hybridized carbons (Fsp3) is 0.182. The standard InChI is InChI=1S/C22H21N3O2S/c1-25(2)18(19-10-7-13-27-19)15-24-22(26)17-9-4-6-12-21(17)28-20-11-5-3-8-16(20)14-23/h3-13,18H,15H2,1-2H3,(H,24,26). The molecule has 3 rings (SSSR count). The fourth-order valence-corrected chi connectivity index (χ4v) is 3.84. The number of nitriles is 1. The van der Waals surface area contributed by atoms with E-state index in [-0.39, 0.29) is 11.9 Å². The second-order valence-corrected chi connectivity index (χ2v) is 7.49. The van der Waals surface area contributed by atoms with Crippen LogP contribution in [-0.2, 0) is 0 Å². The maximum Gasteiger partial charge on any atom is 0.252 e. The molecule has 1 heterocycles. The van der Waals surface area contributed by atoms with Gasteiger partial charge in [-0.25, -0.2) is 0 Å². The van der Waals surface area contributed by atoms with Gasteiger partial charge in [0.25, 0.3) is 5.91 Å². The number of hydrogen-bond donors (Lipinski definition) is 1. The van der Waals surface area contributed by atoms with E-state index < -0.39 is 0 Å². The highest BCUT2D eigenvalue weighted by atomic mass is 32.2. The summed E-state index contributed by atoms with van der Waals surface area (Å²) >= 11 is 1.42. The summed E-state index contributed by atoms with van der Waals surface area (Å²) in [6, 6.07) is 20.7. The predicted octanol–water partition coefficient (Wildman–Crippen LogP) is 4.34. The molecule has 2 aromatic carbocycles. The number of furan rings is 1. The number of rotatable bonds is 7. The van der Waals surface area contributed by atoms with Gasteiger partial charge < -0.3 is 9.73 Å². The van der Waals surface area contributed by atoms with Gasteiger partial charge in [-0.15, -0.1) is 0 Å². The Balaban J connectivity index is 1.77. The summed E-state index contributed by atoms with van der Waals surface area (Å²) in [4.78, 5) is 16.5. The molecule has 3 aromatic rings. The van der Waals surface area contributed by atoms with E-state index >= 15 is 0 Å². The summed E-state index contributed by atoms with van der Waals surface area (Å²) in [5.41, 5.74) is 1.17. The van der Waals surface area contributed by atoms with Crippen LogP contribution in [0.15, 0.2) is 81.1 Å². The minimum absolute atomic E-state index is 0.0573. The molecule has 6 heteroatoms. The Morgan fingerprint density at radius 3 is 2.50 bits per heavy atom. The van der Waals surface area contributed by atoms with Crippen molar-refractivity contribution in [3.63, 3.8) is 0 Å². The van der Waals surface area contributed by atoms with Crippen LogP contribution in [-0.4, -0.2) is 31.4 Å². The second kappa shape index (κ2) is 9.27. The third-order valence-corrected chi connectivity index (χ3v) is 5.46. The first-order chi connectivity index (χ1) is 13.6. The van der Waals surface area contributed by atoms with Crippen molar-refractivity contribution >= 4 is 17.7 Å². The molecule has 1 aromatic heterocycles. The molecule has 0 fully saturated rings. The van der Waals surface area contributed by atoms with Gasteiger partial charge in [-0.1, -0.05) is 36.0 Å². The lowest BCUT2D eigenvalue weighted by molar-refractivity contribution is 0.0936. The van der Waals surface area contributed by atoms with Gasteiger partial charge >= 0.3 is 0 Å². The van der Waals surface area contributed by atoms with Crippen LogP contribution < -0.4 is 5.32 Å². The van der Waals surface area contributed by atoms with E-state index in [4.69, 9.17) is 4.42 Å². The highest BCUT2D eigenvalue weighted by Crippen LogP contribution is 2.32. The molecule has 0 spiro atoms. The number of hydrogen-bond acceptors (Lipinski definition) is 5. The largest absolute Gasteiger partial charge is 0.468 e. The zero-order valence-corrected chi connectivity index (χ0v) is 16.6. The van der Waals surface area contributed by atoms with E-state index in [0.29, 0.717) is 17.7 Å². The van der Waals surface area contributed by atoms with Gasteiger partial charge in [-0.05, 0) is 50.5 Å². The lowest BCUT2D eigenvalue weighted by Gasteiger charge is -2.22. The molecule has 1 amide bonds. The van der Waals surface area contributed by atoms with Crippen LogP contribution in [0.4, 0.5) is 0 Å². The summed E-state index contributed by atoms with van der Waals surface area (Å²) in [5.74, 6) is 0.645. The summed E-state index contributed by atoms with van der Waals surface area (Å²) in [5, 5.41) is 12.3. The van der Waals surface area contributed by atoms with E-state index in [1.807, 2.05) is 67.5 Å². The molecular weight excluding hydrogens is 370 g/mol. The van der Waals surface area contributed by atoms with Crippen molar-refractivity contribution in [1.82, 2.24) is 10.2 Å². The SMILES string of the molecule is CN(C)C(CNC(=O)c1ccccc1Sc1ccccc1C#N)c1ccco1. The van der Waals surface area contributed by atoms with Crippen LogP contribution in [0.5, 0.6) is 0 Å². The molecule has 0 saturated carbocycles. The minimum atomic E-state index is -0.157. The number of nitrogens with zero attached hydrogens (tertiary/aromatic N) is 2. The van der Waals surface area contributed by atoms with Crippen LogP contribution in [0.1, 0.15) is 27.7 Å². The van der Waals surface area contributed by atoms with Crippen LogP contribution in [0.3, 0.4) is 0 Å². The van der Waals surface area contributed by atoms with Crippen LogP contribution in [0, 0.1) is 11.3 Å². The number of carbonyl (C=O) groups is 1. The number of amides is 1. The van der Waals surface area contributed by atoms with E-state index in [1.165, 1.54) is 11.8 Å². The fourth-order valence-electron chi connectivity index (χ4n) is 2.81. The number of carbonyl (C=O) groups excluding carboxylic acids is 1. The summed E-state index contributed by atoms with van der Waals surface area (Å²) in [7, 11) is 3.89. The molecule has 1 atom stereocenters. The van der Waals surface area contributed by atoms with E-state index in [0.717, 1.165) is 15.6 Å². The third-order valence-electron chi connectivity index (χ3n) is 4.31. The molecule has 0 radical (unpaired) electrons. The van der Waals surface area contributed by atoms with Gasteiger partial charge in [0.1, 0.15) is 11.8 Å². The van der Waals surface area contributed by atoms with Gasteiger partial charge in [0, 0.05) is 16.3 Å². The van der Waals surface area contributed by atoms with Crippen LogP contribution in [0.25, 0.3) is 0 Å². The average molecular weight is 391 g/mol. The first-order valence-electron chi connectivity index (χ1n) is 8.84. The van der Waals surface area contributed by atoms with Crippen molar-refractivity contribution in [2.45, 2.75) is 15.8 Å². The molecule has 0 bridgehead atoms. The van der Waals surface area contributed by atoms with Crippen molar-refractivity contribution in [2.75, 3.05) is 20.6 Å². The van der Waals surface area contributed by atoms with Crippen molar-refractivity contribution in [1.29, 1.82) is 5.26 Å². The molecule has 0 saturated heterocycles. The highest BCUT2D eigenvalue weighted by molar-refractivity contribution is 7.99. The molecule has 5 nitrogen and oxygen atoms in total. The Labute approximate surface area is 169 Å².